The van der Waals surface area contributed by atoms with Crippen molar-refractivity contribution < 1.29 is 14.3 Å². The number of esters is 2. The second kappa shape index (κ2) is 5.41. The minimum Gasteiger partial charge on any atom is -0.387 e. The van der Waals surface area contributed by atoms with E-state index in [1.54, 1.807) is 0 Å². The van der Waals surface area contributed by atoms with E-state index in [0.29, 0.717) is 0 Å². The van der Waals surface area contributed by atoms with Crippen molar-refractivity contribution in [1.82, 2.24) is 0 Å². The van der Waals surface area contributed by atoms with Gasteiger partial charge >= 0.3 is 11.9 Å². The Labute approximate surface area is 65.4 Å². The molecule has 60 valence electrons. The Kier molecular flexibility index (Phi) is 4.73. The van der Waals surface area contributed by atoms with E-state index in [1.165, 1.54) is 0 Å². The zero-order chi connectivity index (χ0) is 8.69. The highest BCUT2D eigenvalue weighted by atomic mass is 16.6. The number of cyclic esters (lactones) is 2. The maximum Gasteiger partial charge on any atom is 0.338 e. The third kappa shape index (κ3) is 5.08. The molecule has 0 aliphatic carbocycles. The largest absolute Gasteiger partial charge is 0.387 e. The molecule has 0 bridgehead atoms. The van der Waals surface area contributed by atoms with Gasteiger partial charge in [0.2, 0.25) is 0 Å². The van der Waals surface area contributed by atoms with Gasteiger partial charge in [-0.3, -0.25) is 0 Å². The summed E-state index contributed by atoms with van der Waals surface area (Å²) in [5.74, 6) is -1.16. The normalized spacial score (nSPS) is 14.7. The zero-order valence-corrected chi connectivity index (χ0v) is 6.53. The summed E-state index contributed by atoms with van der Waals surface area (Å²) in [5, 5.41) is 0. The lowest BCUT2D eigenvalue weighted by Gasteiger charge is -1.80. The Bertz CT molecular complexity index is 181. The summed E-state index contributed by atoms with van der Waals surface area (Å²) in [5.41, 5.74) is 0. The van der Waals surface area contributed by atoms with Gasteiger partial charge in [-0.1, -0.05) is 12.2 Å². The highest BCUT2D eigenvalue weighted by Gasteiger charge is 2.10. The summed E-state index contributed by atoms with van der Waals surface area (Å²) in [6.45, 7) is 4.00. The molecule has 0 saturated carbocycles. The number of carbonyl (C=O) groups is 2. The summed E-state index contributed by atoms with van der Waals surface area (Å²) < 4.78 is 3.97. The van der Waals surface area contributed by atoms with Crippen molar-refractivity contribution >= 4 is 11.9 Å². The fourth-order valence-corrected chi connectivity index (χ4v) is 0.303. The molecule has 3 heteroatoms. The number of hydrogen-bond acceptors (Lipinski definition) is 3. The van der Waals surface area contributed by atoms with E-state index in [2.05, 4.69) is 4.74 Å². The Hall–Kier alpha value is -1.38. The van der Waals surface area contributed by atoms with Gasteiger partial charge in [0.1, 0.15) is 0 Å². The quantitative estimate of drug-likeness (QED) is 0.299. The van der Waals surface area contributed by atoms with Gasteiger partial charge in [-0.2, -0.15) is 0 Å². The first-order valence-electron chi connectivity index (χ1n) is 3.22. The van der Waals surface area contributed by atoms with Crippen LogP contribution in [-0.2, 0) is 14.3 Å². The molecule has 0 saturated heterocycles. The highest BCUT2D eigenvalue weighted by Crippen LogP contribution is 1.92. The molecule has 0 radical (unpaired) electrons. The molecule has 0 aromatic carbocycles. The molecule has 3 nitrogen and oxygen atoms in total. The summed E-state index contributed by atoms with van der Waals surface area (Å²) in [4.78, 5) is 19.8. The second-order valence-corrected chi connectivity index (χ2v) is 1.74. The van der Waals surface area contributed by atoms with E-state index in [4.69, 9.17) is 0 Å². The molecule has 0 amide bonds. The maximum atomic E-state index is 9.92. The zero-order valence-electron chi connectivity index (χ0n) is 6.53. The fraction of sp³-hybridized carbons (Fsp3) is 0.250. The van der Waals surface area contributed by atoms with Gasteiger partial charge in [-0.25, -0.2) is 9.59 Å². The average molecular weight is 154 g/mol. The van der Waals surface area contributed by atoms with Crippen LogP contribution in [0.4, 0.5) is 0 Å². The summed E-state index contributed by atoms with van der Waals surface area (Å²) in [7, 11) is 0. The van der Waals surface area contributed by atoms with Crippen LogP contribution in [0.2, 0.25) is 0 Å². The first-order chi connectivity index (χ1) is 5.20. The molecule has 0 N–H and O–H groups in total. The van der Waals surface area contributed by atoms with Crippen molar-refractivity contribution in [2.75, 3.05) is 0 Å². The standard InChI is InChI=1S/C4H2O3.C4H8/c5-3-1-2-4(6)7-3;1-3-4-2/h1-2H;3-4H,1-2H3/b;4-3-. The highest BCUT2D eigenvalue weighted by molar-refractivity contribution is 6.04. The van der Waals surface area contributed by atoms with Crippen molar-refractivity contribution in [2.45, 2.75) is 13.8 Å². The first-order valence-corrected chi connectivity index (χ1v) is 3.22. The van der Waals surface area contributed by atoms with Gasteiger partial charge in [-0.05, 0) is 13.8 Å². The minimum absolute atomic E-state index is 0.579. The summed E-state index contributed by atoms with van der Waals surface area (Å²) in [6.07, 6.45) is 6.17. The predicted octanol–water partition coefficient (Wildman–Crippen LogP) is 1.21. The van der Waals surface area contributed by atoms with Crippen molar-refractivity contribution in [2.24, 2.45) is 0 Å². The number of allylic oxidation sites excluding steroid dienone is 2. The molecule has 0 spiro atoms. The smallest absolute Gasteiger partial charge is 0.338 e. The second-order valence-electron chi connectivity index (χ2n) is 1.74. The van der Waals surface area contributed by atoms with Crippen LogP contribution >= 0.6 is 0 Å². The molecule has 0 aromatic rings. The van der Waals surface area contributed by atoms with Crippen LogP contribution in [0, 0.1) is 0 Å². The number of ether oxygens (including phenoxy) is 1. The van der Waals surface area contributed by atoms with Gasteiger partial charge in [-0.15, -0.1) is 0 Å². The van der Waals surface area contributed by atoms with E-state index >= 15 is 0 Å². The van der Waals surface area contributed by atoms with Gasteiger partial charge in [0.25, 0.3) is 0 Å². The molecule has 0 unspecified atom stereocenters. The van der Waals surface area contributed by atoms with Gasteiger partial charge in [0.05, 0.1) is 0 Å². The monoisotopic (exact) mass is 154 g/mol. The summed E-state index contributed by atoms with van der Waals surface area (Å²) >= 11 is 0. The van der Waals surface area contributed by atoms with Gasteiger partial charge in [0, 0.05) is 12.2 Å². The third-order valence-corrected chi connectivity index (χ3v) is 0.890. The van der Waals surface area contributed by atoms with Crippen LogP contribution in [0.5, 0.6) is 0 Å². The molecule has 1 aliphatic rings. The number of hydrogen-bond donors (Lipinski definition) is 0. The molecule has 0 atom stereocenters. The lowest BCUT2D eigenvalue weighted by Crippen LogP contribution is -1.96. The maximum absolute atomic E-state index is 9.92. The molecule has 11 heavy (non-hydrogen) atoms. The molecule has 0 aromatic heterocycles. The van der Waals surface area contributed by atoms with Crippen molar-refractivity contribution in [3.63, 3.8) is 0 Å². The Morgan fingerprint density at radius 1 is 1.09 bits per heavy atom. The molecule has 1 rings (SSSR count). The predicted molar refractivity (Wildman–Crippen MR) is 40.7 cm³/mol. The SMILES string of the molecule is C/C=C\C.O=C1C=CC(=O)O1. The fourth-order valence-electron chi connectivity index (χ4n) is 0.303. The van der Waals surface area contributed by atoms with E-state index in [0.717, 1.165) is 12.2 Å². The average Bonchev–Trinajstić information content (AvgIpc) is 2.35. The van der Waals surface area contributed by atoms with Crippen LogP contribution in [0.25, 0.3) is 0 Å². The number of rotatable bonds is 0. The Morgan fingerprint density at radius 2 is 1.45 bits per heavy atom. The van der Waals surface area contributed by atoms with Crippen LogP contribution in [0.3, 0.4) is 0 Å². The molecule has 0 fully saturated rings. The van der Waals surface area contributed by atoms with Gasteiger partial charge < -0.3 is 4.74 Å². The minimum atomic E-state index is -0.579. The van der Waals surface area contributed by atoms with Gasteiger partial charge in [0.15, 0.2) is 0 Å². The summed E-state index contributed by atoms with van der Waals surface area (Å²) in [6, 6.07) is 0. The molecular weight excluding hydrogens is 144 g/mol. The van der Waals surface area contributed by atoms with Crippen LogP contribution in [0.1, 0.15) is 13.8 Å². The Balaban J connectivity index is 0.000000218. The molecule has 1 heterocycles. The lowest BCUT2D eigenvalue weighted by atomic mass is 10.6. The van der Waals surface area contributed by atoms with Crippen molar-refractivity contribution in [1.29, 1.82) is 0 Å². The van der Waals surface area contributed by atoms with E-state index in [-0.39, 0.29) is 0 Å². The topological polar surface area (TPSA) is 43.4 Å². The van der Waals surface area contributed by atoms with Crippen LogP contribution < -0.4 is 0 Å². The third-order valence-electron chi connectivity index (χ3n) is 0.890. The van der Waals surface area contributed by atoms with E-state index < -0.39 is 11.9 Å². The van der Waals surface area contributed by atoms with Crippen molar-refractivity contribution in [3.8, 4) is 0 Å². The van der Waals surface area contributed by atoms with E-state index in [9.17, 15) is 9.59 Å². The number of carbonyl (C=O) groups excluding carboxylic acids is 2. The molecule has 1 aliphatic heterocycles. The van der Waals surface area contributed by atoms with Crippen LogP contribution in [-0.4, -0.2) is 11.9 Å². The molecular formula is C8H10O3. The van der Waals surface area contributed by atoms with Crippen molar-refractivity contribution in [3.05, 3.63) is 24.3 Å². The Morgan fingerprint density at radius 3 is 1.55 bits per heavy atom. The first kappa shape index (κ1) is 9.62. The van der Waals surface area contributed by atoms with Crippen LogP contribution in [0.15, 0.2) is 24.3 Å². The van der Waals surface area contributed by atoms with E-state index in [1.807, 2.05) is 26.0 Å². The lowest BCUT2D eigenvalue weighted by molar-refractivity contribution is -0.150.